The first-order valence-electron chi connectivity index (χ1n) is 6.55. The van der Waals surface area contributed by atoms with Crippen molar-refractivity contribution in [2.24, 2.45) is 4.99 Å². The van der Waals surface area contributed by atoms with E-state index in [0.717, 1.165) is 36.3 Å². The monoisotopic (exact) mass is 277 g/mol. The summed E-state index contributed by atoms with van der Waals surface area (Å²) in [4.78, 5) is 13.7. The van der Waals surface area contributed by atoms with E-state index in [-0.39, 0.29) is 0 Å². The summed E-state index contributed by atoms with van der Waals surface area (Å²) in [5, 5.41) is 6.61. The molecule has 3 rings (SSSR count). The fraction of sp³-hybridized carbons (Fsp3) is 0.538. The number of hydrogen-bond donors (Lipinski definition) is 1. The van der Waals surface area contributed by atoms with E-state index in [0.29, 0.717) is 6.04 Å². The molecule has 102 valence electrons. The lowest BCUT2D eigenvalue weighted by Gasteiger charge is -2.38. The topological polar surface area (TPSA) is 43.8 Å². The molecule has 3 heterocycles. The Balaban J connectivity index is 1.89. The number of anilines is 1. The van der Waals surface area contributed by atoms with Crippen LogP contribution in [-0.2, 0) is 0 Å². The molecule has 1 saturated heterocycles. The molecule has 19 heavy (non-hydrogen) atoms. The third kappa shape index (κ3) is 2.26. The van der Waals surface area contributed by atoms with Crippen LogP contribution < -0.4 is 10.2 Å². The lowest BCUT2D eigenvalue weighted by atomic mass is 10.1. The van der Waals surface area contributed by atoms with Gasteiger partial charge in [-0.25, -0.2) is 4.98 Å². The summed E-state index contributed by atoms with van der Waals surface area (Å²) in [5.74, 6) is 1.02. The van der Waals surface area contributed by atoms with Crippen molar-refractivity contribution in [3.63, 3.8) is 0 Å². The second-order valence-corrected chi connectivity index (χ2v) is 5.87. The van der Waals surface area contributed by atoms with Crippen LogP contribution >= 0.6 is 11.3 Å². The van der Waals surface area contributed by atoms with Crippen LogP contribution in [0.25, 0.3) is 0 Å². The molecule has 0 spiro atoms. The Kier molecular flexibility index (Phi) is 3.28. The maximum Gasteiger partial charge on any atom is 0.185 e. The Bertz CT molecular complexity index is 531. The molecule has 5 nitrogen and oxygen atoms in total. The van der Waals surface area contributed by atoms with Crippen molar-refractivity contribution in [1.82, 2.24) is 15.2 Å². The molecular weight excluding hydrogens is 258 g/mol. The van der Waals surface area contributed by atoms with E-state index in [1.807, 2.05) is 19.0 Å². The smallest absolute Gasteiger partial charge is 0.185 e. The van der Waals surface area contributed by atoms with Crippen molar-refractivity contribution in [1.29, 1.82) is 0 Å². The number of rotatable bonds is 2. The molecule has 1 aromatic rings. The Morgan fingerprint density at radius 1 is 1.47 bits per heavy atom. The van der Waals surface area contributed by atoms with Gasteiger partial charge in [0, 0.05) is 44.3 Å². The molecule has 2 aliphatic heterocycles. The summed E-state index contributed by atoms with van der Waals surface area (Å²) < 4.78 is 0. The number of piperazine rings is 1. The summed E-state index contributed by atoms with van der Waals surface area (Å²) in [7, 11) is 4.03. The van der Waals surface area contributed by atoms with E-state index in [2.05, 4.69) is 38.6 Å². The van der Waals surface area contributed by atoms with Gasteiger partial charge in [0.05, 0.1) is 6.54 Å². The van der Waals surface area contributed by atoms with Gasteiger partial charge in [0.25, 0.3) is 0 Å². The summed E-state index contributed by atoms with van der Waals surface area (Å²) >= 11 is 1.66. The highest BCUT2D eigenvalue weighted by Gasteiger charge is 2.28. The van der Waals surface area contributed by atoms with Crippen molar-refractivity contribution < 1.29 is 0 Å². The maximum absolute atomic E-state index is 4.67. The molecule has 1 fully saturated rings. The first-order valence-corrected chi connectivity index (χ1v) is 7.43. The molecule has 1 N–H and O–H groups in total. The van der Waals surface area contributed by atoms with Gasteiger partial charge in [-0.3, -0.25) is 4.99 Å². The predicted octanol–water partition coefficient (Wildman–Crippen LogP) is 1.15. The first-order chi connectivity index (χ1) is 9.16. The average molecular weight is 277 g/mol. The Morgan fingerprint density at radius 2 is 2.32 bits per heavy atom. The number of aromatic nitrogens is 1. The van der Waals surface area contributed by atoms with Gasteiger partial charge in [-0.15, -0.1) is 11.3 Å². The molecule has 0 radical (unpaired) electrons. The molecule has 0 aromatic carbocycles. The summed E-state index contributed by atoms with van der Waals surface area (Å²) in [5.41, 5.74) is 2.32. The van der Waals surface area contributed by atoms with Crippen LogP contribution in [0.3, 0.4) is 0 Å². The van der Waals surface area contributed by atoms with E-state index in [4.69, 9.17) is 0 Å². The average Bonchev–Trinajstić information content (AvgIpc) is 2.88. The maximum atomic E-state index is 4.67. The molecular formula is C13H19N5S. The van der Waals surface area contributed by atoms with E-state index in [1.54, 1.807) is 11.3 Å². The number of amidine groups is 1. The number of thiazole rings is 1. The molecule has 1 aromatic heterocycles. The lowest BCUT2D eigenvalue weighted by Crippen LogP contribution is -2.51. The van der Waals surface area contributed by atoms with Crippen LogP contribution in [0, 0.1) is 0 Å². The van der Waals surface area contributed by atoms with Gasteiger partial charge in [-0.2, -0.15) is 0 Å². The second-order valence-electron chi connectivity index (χ2n) is 5.03. The van der Waals surface area contributed by atoms with E-state index in [9.17, 15) is 0 Å². The van der Waals surface area contributed by atoms with Gasteiger partial charge in [-0.1, -0.05) is 0 Å². The Morgan fingerprint density at radius 3 is 3.05 bits per heavy atom. The molecule has 0 saturated carbocycles. The van der Waals surface area contributed by atoms with Crippen LogP contribution in [0.2, 0.25) is 0 Å². The molecule has 0 unspecified atom stereocenters. The van der Waals surface area contributed by atoms with Crippen LogP contribution in [0.1, 0.15) is 12.6 Å². The minimum atomic E-state index is 0.395. The molecule has 0 aliphatic carbocycles. The zero-order valence-corrected chi connectivity index (χ0v) is 12.4. The molecule has 0 bridgehead atoms. The lowest BCUT2D eigenvalue weighted by molar-refractivity contribution is 0.368. The highest BCUT2D eigenvalue weighted by atomic mass is 32.1. The van der Waals surface area contributed by atoms with Gasteiger partial charge in [0.15, 0.2) is 11.0 Å². The second kappa shape index (κ2) is 4.94. The quantitative estimate of drug-likeness (QED) is 0.880. The number of hydrogen-bond acceptors (Lipinski definition) is 6. The molecule has 0 amide bonds. The predicted molar refractivity (Wildman–Crippen MR) is 80.1 cm³/mol. The van der Waals surface area contributed by atoms with E-state index in [1.165, 1.54) is 5.70 Å². The van der Waals surface area contributed by atoms with Gasteiger partial charge >= 0.3 is 0 Å². The standard InChI is InChI=1S/C13H19N5S/c1-9-11-4-5-15-12(18(11)7-6-14-9)10-8-19-13(16-10)17(2)3/h4,8-9,14H,5-7H2,1-3H3/t9-/m0/s1. The van der Waals surface area contributed by atoms with Crippen LogP contribution in [0.15, 0.2) is 22.1 Å². The summed E-state index contributed by atoms with van der Waals surface area (Å²) in [6.45, 7) is 4.90. The third-order valence-electron chi connectivity index (χ3n) is 3.44. The van der Waals surface area contributed by atoms with Crippen molar-refractivity contribution in [3.05, 3.63) is 22.8 Å². The van der Waals surface area contributed by atoms with Gasteiger partial charge in [-0.05, 0) is 13.0 Å². The number of nitrogens with zero attached hydrogens (tertiary/aromatic N) is 4. The molecule has 6 heteroatoms. The fourth-order valence-corrected chi connectivity index (χ4v) is 3.22. The number of nitrogens with one attached hydrogen (secondary N) is 1. The van der Waals surface area contributed by atoms with Crippen molar-refractivity contribution >= 4 is 22.3 Å². The summed E-state index contributed by atoms with van der Waals surface area (Å²) in [6, 6.07) is 0.395. The van der Waals surface area contributed by atoms with Crippen molar-refractivity contribution in [2.75, 3.05) is 38.6 Å². The molecule has 1 atom stereocenters. The van der Waals surface area contributed by atoms with Crippen LogP contribution in [0.4, 0.5) is 5.13 Å². The van der Waals surface area contributed by atoms with E-state index < -0.39 is 0 Å². The zero-order chi connectivity index (χ0) is 13.4. The highest BCUT2D eigenvalue weighted by molar-refractivity contribution is 7.13. The normalized spacial score (nSPS) is 22.7. The van der Waals surface area contributed by atoms with E-state index >= 15 is 0 Å². The van der Waals surface area contributed by atoms with Gasteiger partial charge in [0.1, 0.15) is 5.69 Å². The largest absolute Gasteiger partial charge is 0.354 e. The Labute approximate surface area is 117 Å². The van der Waals surface area contributed by atoms with Gasteiger partial charge in [0.2, 0.25) is 0 Å². The minimum Gasteiger partial charge on any atom is -0.354 e. The first kappa shape index (κ1) is 12.6. The zero-order valence-electron chi connectivity index (χ0n) is 11.6. The van der Waals surface area contributed by atoms with Crippen LogP contribution in [-0.4, -0.2) is 55.5 Å². The number of fused-ring (bicyclic) bond motifs is 1. The fourth-order valence-electron chi connectivity index (χ4n) is 2.48. The SMILES string of the molecule is C[C@@H]1NCCN2C1=CCN=C2c1csc(N(C)C)n1. The van der Waals surface area contributed by atoms with Crippen LogP contribution in [0.5, 0.6) is 0 Å². The summed E-state index contributed by atoms with van der Waals surface area (Å²) in [6.07, 6.45) is 2.21. The van der Waals surface area contributed by atoms with Crippen molar-refractivity contribution in [2.45, 2.75) is 13.0 Å². The highest BCUT2D eigenvalue weighted by Crippen LogP contribution is 2.24. The molecule has 2 aliphatic rings. The minimum absolute atomic E-state index is 0.395. The number of aliphatic imine (C=N–C) groups is 1. The Hall–Kier alpha value is -1.40. The van der Waals surface area contributed by atoms with Gasteiger partial charge < -0.3 is 15.1 Å². The third-order valence-corrected chi connectivity index (χ3v) is 4.45. The van der Waals surface area contributed by atoms with Crippen molar-refractivity contribution in [3.8, 4) is 0 Å².